The van der Waals surface area contributed by atoms with Crippen LogP contribution in [0, 0.1) is 5.92 Å². The van der Waals surface area contributed by atoms with E-state index in [9.17, 15) is 22.2 Å². The van der Waals surface area contributed by atoms with Crippen LogP contribution in [0.1, 0.15) is 13.3 Å². The van der Waals surface area contributed by atoms with Crippen LogP contribution in [-0.4, -0.2) is 67.0 Å². The molecule has 1 amide bonds. The van der Waals surface area contributed by atoms with Gasteiger partial charge in [-0.15, -0.1) is 0 Å². The van der Waals surface area contributed by atoms with E-state index in [1.165, 1.54) is 6.92 Å². The SMILES string of the molecule is CC(OS(=O)(=O)O)C1C(=O)N2C(C(=O)O)=C(S(=O)C(O)O)CC12. The van der Waals surface area contributed by atoms with Crippen LogP contribution < -0.4 is 0 Å². The summed E-state index contributed by atoms with van der Waals surface area (Å²) in [6.07, 6.45) is -1.53. The molecule has 0 saturated carbocycles. The zero-order chi connectivity index (χ0) is 17.7. The summed E-state index contributed by atoms with van der Waals surface area (Å²) in [5.74, 6) is -3.45. The maximum absolute atomic E-state index is 12.1. The third-order valence-electron chi connectivity index (χ3n) is 3.58. The van der Waals surface area contributed by atoms with Crippen LogP contribution in [0.3, 0.4) is 0 Å². The first-order valence-electron chi connectivity index (χ1n) is 6.17. The lowest BCUT2D eigenvalue weighted by molar-refractivity contribution is -0.160. The smallest absolute Gasteiger partial charge is 0.397 e. The summed E-state index contributed by atoms with van der Waals surface area (Å²) < 4.78 is 46.1. The number of carboxylic acid groups (broad SMARTS) is 1. The molecule has 0 aromatic rings. The standard InChI is InChI=1S/C10H13NO10S2/c1-3(21-23(18,19)20)6-4-2-5(22(17)10(15)16)7(9(13)14)11(4)8(6)12/h3-4,6,10,15-16H,2H2,1H3,(H,13,14)(H,18,19,20). The van der Waals surface area contributed by atoms with Gasteiger partial charge in [0, 0.05) is 6.42 Å². The number of β-lactam (4-membered cyclic amide) rings is 1. The number of nitrogens with zero attached hydrogens (tertiary/aromatic N) is 1. The Kier molecular flexibility index (Phi) is 4.62. The minimum atomic E-state index is -4.81. The van der Waals surface area contributed by atoms with Crippen molar-refractivity contribution in [2.24, 2.45) is 5.92 Å². The quantitative estimate of drug-likeness (QED) is 0.226. The van der Waals surface area contributed by atoms with E-state index in [1.54, 1.807) is 0 Å². The minimum absolute atomic E-state index is 0.249. The first kappa shape index (κ1) is 18.0. The Labute approximate surface area is 132 Å². The molecule has 0 aliphatic carbocycles. The summed E-state index contributed by atoms with van der Waals surface area (Å²) in [6.45, 7) is 1.20. The van der Waals surface area contributed by atoms with E-state index in [-0.39, 0.29) is 11.3 Å². The zero-order valence-electron chi connectivity index (χ0n) is 11.5. The molecule has 23 heavy (non-hydrogen) atoms. The van der Waals surface area contributed by atoms with Crippen molar-refractivity contribution in [1.29, 1.82) is 0 Å². The van der Waals surface area contributed by atoms with Gasteiger partial charge in [-0.1, -0.05) is 0 Å². The van der Waals surface area contributed by atoms with Gasteiger partial charge in [0.1, 0.15) is 16.5 Å². The Morgan fingerprint density at radius 1 is 1.43 bits per heavy atom. The lowest BCUT2D eigenvalue weighted by Gasteiger charge is -2.45. The fraction of sp³-hybridized carbons (Fsp3) is 0.600. The third-order valence-corrected chi connectivity index (χ3v) is 5.36. The van der Waals surface area contributed by atoms with Crippen molar-refractivity contribution in [2.75, 3.05) is 0 Å². The highest BCUT2D eigenvalue weighted by Crippen LogP contribution is 2.45. The molecule has 0 spiro atoms. The second-order valence-corrected chi connectivity index (χ2v) is 7.49. The maximum Gasteiger partial charge on any atom is 0.397 e. The monoisotopic (exact) mass is 371 g/mol. The number of carbonyl (C=O) groups is 2. The second-order valence-electron chi connectivity index (χ2n) is 4.94. The predicted molar refractivity (Wildman–Crippen MR) is 71.9 cm³/mol. The summed E-state index contributed by atoms with van der Waals surface area (Å²) >= 11 is 0. The van der Waals surface area contributed by atoms with Crippen LogP contribution in [0.15, 0.2) is 10.6 Å². The van der Waals surface area contributed by atoms with Crippen LogP contribution in [0.25, 0.3) is 0 Å². The van der Waals surface area contributed by atoms with E-state index < -0.39 is 62.5 Å². The molecule has 130 valence electrons. The number of carbonyl (C=O) groups excluding carboxylic acids is 1. The molecule has 0 radical (unpaired) electrons. The van der Waals surface area contributed by atoms with E-state index >= 15 is 0 Å². The molecule has 13 heteroatoms. The largest absolute Gasteiger partial charge is 0.477 e. The average Bonchev–Trinajstić information content (AvgIpc) is 2.70. The van der Waals surface area contributed by atoms with Crippen LogP contribution in [-0.2, 0) is 35.0 Å². The summed E-state index contributed by atoms with van der Waals surface area (Å²) in [5.41, 5.74) is -2.94. The normalized spacial score (nSPS) is 27.0. The van der Waals surface area contributed by atoms with Gasteiger partial charge in [-0.25, -0.2) is 13.2 Å². The molecule has 4 unspecified atom stereocenters. The number of hydrogen-bond donors (Lipinski definition) is 4. The molecule has 2 aliphatic rings. The van der Waals surface area contributed by atoms with E-state index in [0.717, 1.165) is 4.90 Å². The van der Waals surface area contributed by atoms with Gasteiger partial charge in [0.25, 0.3) is 0 Å². The summed E-state index contributed by atoms with van der Waals surface area (Å²) in [7, 11) is -7.26. The molecule has 0 bridgehead atoms. The lowest BCUT2D eigenvalue weighted by Crippen LogP contribution is -2.62. The number of amides is 1. The molecule has 4 N–H and O–H groups in total. The molecule has 1 saturated heterocycles. The number of fused-ring (bicyclic) bond motifs is 1. The Bertz CT molecular complexity index is 711. The van der Waals surface area contributed by atoms with Gasteiger partial charge in [-0.2, -0.15) is 8.42 Å². The van der Waals surface area contributed by atoms with E-state index in [1.807, 2.05) is 0 Å². The highest BCUT2D eigenvalue weighted by atomic mass is 32.3. The Hall–Kier alpha value is -1.38. The van der Waals surface area contributed by atoms with Crippen molar-refractivity contribution in [2.45, 2.75) is 31.1 Å². The van der Waals surface area contributed by atoms with E-state index in [2.05, 4.69) is 4.18 Å². The highest BCUT2D eigenvalue weighted by molar-refractivity contribution is 7.89. The van der Waals surface area contributed by atoms with Crippen molar-refractivity contribution >= 4 is 33.1 Å². The minimum Gasteiger partial charge on any atom is -0.477 e. The van der Waals surface area contributed by atoms with Crippen LogP contribution in [0.2, 0.25) is 0 Å². The Morgan fingerprint density at radius 2 is 2.00 bits per heavy atom. The van der Waals surface area contributed by atoms with Gasteiger partial charge < -0.3 is 20.2 Å². The molecule has 0 aromatic heterocycles. The van der Waals surface area contributed by atoms with Crippen LogP contribution in [0.4, 0.5) is 0 Å². The summed E-state index contributed by atoms with van der Waals surface area (Å²) in [4.78, 5) is 23.8. The molecule has 4 atom stereocenters. The number of aliphatic carboxylic acids is 1. The van der Waals surface area contributed by atoms with Gasteiger partial charge in [-0.3, -0.25) is 9.35 Å². The maximum atomic E-state index is 12.1. The number of hydrogen-bond acceptors (Lipinski definition) is 8. The topological polar surface area (TPSA) is 179 Å². The number of carboxylic acids is 1. The molecular formula is C10H13NO10S2. The number of aliphatic hydroxyl groups excluding tert-OH is 1. The lowest BCUT2D eigenvalue weighted by atomic mass is 9.83. The zero-order valence-corrected chi connectivity index (χ0v) is 13.2. The first-order valence-corrected chi connectivity index (χ1v) is 8.75. The van der Waals surface area contributed by atoms with Crippen molar-refractivity contribution in [3.8, 4) is 0 Å². The van der Waals surface area contributed by atoms with Crippen LogP contribution >= 0.6 is 0 Å². The fourth-order valence-electron chi connectivity index (χ4n) is 2.77. The van der Waals surface area contributed by atoms with Crippen LogP contribution in [0.5, 0.6) is 0 Å². The van der Waals surface area contributed by atoms with Gasteiger partial charge in [0.2, 0.25) is 11.5 Å². The third kappa shape index (κ3) is 3.15. The first-order chi connectivity index (χ1) is 10.5. The molecule has 0 aromatic carbocycles. The Morgan fingerprint density at radius 3 is 2.43 bits per heavy atom. The molecule has 1 fully saturated rings. The fourth-order valence-corrected chi connectivity index (χ4v) is 4.24. The molecular weight excluding hydrogens is 358 g/mol. The number of aliphatic hydroxyl groups is 2. The van der Waals surface area contributed by atoms with Gasteiger partial charge in [0.15, 0.2) is 0 Å². The van der Waals surface area contributed by atoms with Crippen molar-refractivity contribution < 1.29 is 46.3 Å². The molecule has 11 nitrogen and oxygen atoms in total. The van der Waals surface area contributed by atoms with Gasteiger partial charge in [0.05, 0.1) is 23.0 Å². The van der Waals surface area contributed by atoms with E-state index in [0.29, 0.717) is 0 Å². The van der Waals surface area contributed by atoms with Crippen molar-refractivity contribution in [1.82, 2.24) is 4.90 Å². The Balaban J connectivity index is 2.29. The second kappa shape index (κ2) is 5.92. The summed E-state index contributed by atoms with van der Waals surface area (Å²) in [6, 6.07) is -0.858. The van der Waals surface area contributed by atoms with Crippen molar-refractivity contribution in [3.63, 3.8) is 0 Å². The van der Waals surface area contributed by atoms with E-state index in [4.69, 9.17) is 19.9 Å². The van der Waals surface area contributed by atoms with Crippen molar-refractivity contribution in [3.05, 3.63) is 10.6 Å². The highest BCUT2D eigenvalue weighted by Gasteiger charge is 2.58. The molecule has 2 heterocycles. The van der Waals surface area contributed by atoms with Gasteiger partial charge >= 0.3 is 16.4 Å². The molecule has 2 rings (SSSR count). The molecule has 2 aliphatic heterocycles. The average molecular weight is 371 g/mol. The predicted octanol–water partition coefficient (Wildman–Crippen LogP) is -2.26. The number of rotatable bonds is 6. The van der Waals surface area contributed by atoms with Gasteiger partial charge in [-0.05, 0) is 6.92 Å². The summed E-state index contributed by atoms with van der Waals surface area (Å²) in [5, 5.41) is 27.1.